The molecule has 6 heteroatoms. The van der Waals surface area contributed by atoms with Gasteiger partial charge in [0.2, 0.25) is 5.91 Å². The summed E-state index contributed by atoms with van der Waals surface area (Å²) >= 11 is 0. The van der Waals surface area contributed by atoms with Gasteiger partial charge in [-0.25, -0.2) is 4.39 Å². The number of nitrogens with one attached hydrogen (secondary N) is 2. The van der Waals surface area contributed by atoms with Gasteiger partial charge in [-0.2, -0.15) is 0 Å². The fourth-order valence-corrected chi connectivity index (χ4v) is 1.67. The molecule has 0 atom stereocenters. The van der Waals surface area contributed by atoms with Gasteiger partial charge in [0.25, 0.3) is 5.91 Å². The van der Waals surface area contributed by atoms with Crippen LogP contribution < -0.4 is 16.4 Å². The van der Waals surface area contributed by atoms with Crippen LogP contribution in [0, 0.1) is 17.7 Å². The molecule has 1 aliphatic carbocycles. The molecular weight excluding hydrogens is 273 g/mol. The van der Waals surface area contributed by atoms with Gasteiger partial charge in [-0.3, -0.25) is 9.59 Å². The van der Waals surface area contributed by atoms with Crippen LogP contribution in [-0.2, 0) is 4.79 Å². The second-order valence-electron chi connectivity index (χ2n) is 4.72. The molecule has 0 unspecified atom stereocenters. The van der Waals surface area contributed by atoms with E-state index in [0.717, 1.165) is 18.9 Å². The Hall–Kier alpha value is -2.39. The highest BCUT2D eigenvalue weighted by Gasteiger charge is 2.23. The topological polar surface area (TPSA) is 84.2 Å². The van der Waals surface area contributed by atoms with E-state index >= 15 is 0 Å². The molecule has 110 valence electrons. The normalized spacial score (nSPS) is 13.0. The van der Waals surface area contributed by atoms with Crippen LogP contribution in [0.25, 0.3) is 0 Å². The average Bonchev–Trinajstić information content (AvgIpc) is 3.27. The highest BCUT2D eigenvalue weighted by atomic mass is 19.1. The van der Waals surface area contributed by atoms with Crippen LogP contribution in [0.3, 0.4) is 0 Å². The maximum atomic E-state index is 13.7. The zero-order valence-electron chi connectivity index (χ0n) is 11.4. The summed E-state index contributed by atoms with van der Waals surface area (Å²) in [5.41, 5.74) is 5.54. The molecule has 2 rings (SSSR count). The first-order chi connectivity index (χ1) is 10.1. The number of amides is 2. The van der Waals surface area contributed by atoms with E-state index in [4.69, 9.17) is 5.73 Å². The Morgan fingerprint density at radius 1 is 1.38 bits per heavy atom. The molecule has 0 aliphatic heterocycles. The first-order valence-corrected chi connectivity index (χ1v) is 6.66. The minimum atomic E-state index is -0.592. The van der Waals surface area contributed by atoms with Gasteiger partial charge in [0.05, 0.1) is 18.7 Å². The third-order valence-electron chi connectivity index (χ3n) is 2.91. The Kier molecular flexibility index (Phi) is 4.90. The molecule has 4 N–H and O–H groups in total. The van der Waals surface area contributed by atoms with E-state index in [0.29, 0.717) is 0 Å². The first kappa shape index (κ1) is 15.0. The van der Waals surface area contributed by atoms with Gasteiger partial charge in [0, 0.05) is 11.6 Å². The van der Waals surface area contributed by atoms with Crippen molar-refractivity contribution < 1.29 is 14.0 Å². The molecule has 1 aliphatic rings. The number of rotatable bonds is 4. The first-order valence-electron chi connectivity index (χ1n) is 6.66. The maximum absolute atomic E-state index is 13.7. The van der Waals surface area contributed by atoms with Gasteiger partial charge >= 0.3 is 0 Å². The van der Waals surface area contributed by atoms with Crippen molar-refractivity contribution in [2.45, 2.75) is 18.9 Å². The standard InChI is InChI=1S/C15H16FN3O2/c16-13-8-11(4-3-10(13)2-1-7-17)15(21)18-9-14(20)19-12-5-6-12/h3-4,8,12H,5-7,9,17H2,(H,18,21)(H,19,20). The Bertz CT molecular complexity index is 615. The molecule has 1 aromatic carbocycles. The van der Waals surface area contributed by atoms with Gasteiger partial charge in [-0.05, 0) is 31.0 Å². The van der Waals surface area contributed by atoms with Crippen molar-refractivity contribution in [1.29, 1.82) is 0 Å². The van der Waals surface area contributed by atoms with Crippen molar-refractivity contribution in [3.8, 4) is 11.8 Å². The number of hydrogen-bond donors (Lipinski definition) is 3. The summed E-state index contributed by atoms with van der Waals surface area (Å²) in [7, 11) is 0. The molecule has 0 heterocycles. The van der Waals surface area contributed by atoms with E-state index in [-0.39, 0.29) is 36.2 Å². The Labute approximate surface area is 122 Å². The summed E-state index contributed by atoms with van der Waals surface area (Å²) < 4.78 is 13.7. The predicted octanol–water partition coefficient (Wildman–Crippen LogP) is 0.144. The van der Waals surface area contributed by atoms with Gasteiger partial charge in [0.15, 0.2) is 0 Å². The molecule has 0 radical (unpaired) electrons. The molecule has 21 heavy (non-hydrogen) atoms. The Morgan fingerprint density at radius 3 is 2.76 bits per heavy atom. The van der Waals surface area contributed by atoms with Crippen molar-refractivity contribution in [1.82, 2.24) is 10.6 Å². The second kappa shape index (κ2) is 6.86. The van der Waals surface area contributed by atoms with Crippen LogP contribution in [-0.4, -0.2) is 30.9 Å². The number of nitrogens with two attached hydrogens (primary N) is 1. The van der Waals surface area contributed by atoms with E-state index in [9.17, 15) is 14.0 Å². The summed E-state index contributed by atoms with van der Waals surface area (Å²) in [4.78, 5) is 23.3. The molecule has 1 saturated carbocycles. The lowest BCUT2D eigenvalue weighted by Crippen LogP contribution is -2.37. The summed E-state index contributed by atoms with van der Waals surface area (Å²) in [5, 5.41) is 5.19. The highest BCUT2D eigenvalue weighted by molar-refractivity contribution is 5.96. The number of benzene rings is 1. The van der Waals surface area contributed by atoms with Gasteiger partial charge in [-0.15, -0.1) is 0 Å². The molecule has 5 nitrogen and oxygen atoms in total. The van der Waals surface area contributed by atoms with Crippen molar-refractivity contribution >= 4 is 11.8 Å². The van der Waals surface area contributed by atoms with E-state index in [1.54, 1.807) is 0 Å². The predicted molar refractivity (Wildman–Crippen MR) is 75.8 cm³/mol. The average molecular weight is 289 g/mol. The summed E-state index contributed by atoms with van der Waals surface area (Å²) in [6.45, 7) is 0.0173. The number of hydrogen-bond acceptors (Lipinski definition) is 3. The van der Waals surface area contributed by atoms with Crippen molar-refractivity contribution in [2.24, 2.45) is 5.73 Å². The highest BCUT2D eigenvalue weighted by Crippen LogP contribution is 2.18. The minimum Gasteiger partial charge on any atom is -0.352 e. The smallest absolute Gasteiger partial charge is 0.251 e. The van der Waals surface area contributed by atoms with E-state index in [1.165, 1.54) is 12.1 Å². The summed E-state index contributed by atoms with van der Waals surface area (Å²) in [6, 6.07) is 4.20. The minimum absolute atomic E-state index is 0.119. The monoisotopic (exact) mass is 289 g/mol. The van der Waals surface area contributed by atoms with Crippen LogP contribution in [0.4, 0.5) is 4.39 Å². The lowest BCUT2D eigenvalue weighted by atomic mass is 10.1. The molecule has 1 fully saturated rings. The van der Waals surface area contributed by atoms with E-state index < -0.39 is 11.7 Å². The summed E-state index contributed by atoms with van der Waals surface area (Å²) in [6.07, 6.45) is 1.96. The fourth-order valence-electron chi connectivity index (χ4n) is 1.67. The zero-order chi connectivity index (χ0) is 15.2. The molecular formula is C15H16FN3O2. The zero-order valence-corrected chi connectivity index (χ0v) is 11.4. The molecule has 1 aromatic rings. The van der Waals surface area contributed by atoms with E-state index in [2.05, 4.69) is 22.5 Å². The number of carbonyl (C=O) groups is 2. The quantitative estimate of drug-likeness (QED) is 0.690. The molecule has 0 bridgehead atoms. The lowest BCUT2D eigenvalue weighted by Gasteiger charge is -2.06. The lowest BCUT2D eigenvalue weighted by molar-refractivity contribution is -0.120. The third kappa shape index (κ3) is 4.58. The number of halogens is 1. The van der Waals surface area contributed by atoms with Crippen LogP contribution in [0.5, 0.6) is 0 Å². The fraction of sp³-hybridized carbons (Fsp3) is 0.333. The molecule has 0 aromatic heterocycles. The van der Waals surface area contributed by atoms with Gasteiger partial charge in [-0.1, -0.05) is 11.8 Å². The SMILES string of the molecule is NCC#Cc1ccc(C(=O)NCC(=O)NC2CC2)cc1F. The van der Waals surface area contributed by atoms with Gasteiger partial charge in [0.1, 0.15) is 5.82 Å². The van der Waals surface area contributed by atoms with Crippen molar-refractivity contribution in [3.05, 3.63) is 35.1 Å². The van der Waals surface area contributed by atoms with Crippen molar-refractivity contribution in [3.63, 3.8) is 0 Å². The van der Waals surface area contributed by atoms with Gasteiger partial charge < -0.3 is 16.4 Å². The van der Waals surface area contributed by atoms with Crippen molar-refractivity contribution in [2.75, 3.05) is 13.1 Å². The van der Waals surface area contributed by atoms with E-state index in [1.807, 2.05) is 0 Å². The second-order valence-corrected chi connectivity index (χ2v) is 4.72. The van der Waals surface area contributed by atoms with Crippen LogP contribution in [0.1, 0.15) is 28.8 Å². The Morgan fingerprint density at radius 2 is 2.14 bits per heavy atom. The third-order valence-corrected chi connectivity index (χ3v) is 2.91. The van der Waals surface area contributed by atoms with Crippen LogP contribution >= 0.6 is 0 Å². The maximum Gasteiger partial charge on any atom is 0.251 e. The molecule has 0 saturated heterocycles. The number of carbonyl (C=O) groups excluding carboxylic acids is 2. The van der Waals surface area contributed by atoms with Crippen LogP contribution in [0.15, 0.2) is 18.2 Å². The largest absolute Gasteiger partial charge is 0.352 e. The van der Waals surface area contributed by atoms with Crippen LogP contribution in [0.2, 0.25) is 0 Å². The Balaban J connectivity index is 1.92. The molecule has 2 amide bonds. The molecule has 0 spiro atoms. The summed E-state index contributed by atoms with van der Waals surface area (Å²) in [5.74, 6) is 3.78.